The zero-order valence-electron chi connectivity index (χ0n) is 7.73. The van der Waals surface area contributed by atoms with Crippen molar-refractivity contribution in [1.82, 2.24) is 4.98 Å². The molecule has 0 radical (unpaired) electrons. The Balaban J connectivity index is 2.36. The number of pyridine rings is 1. The normalized spacial score (nSPS) is 12.1. The van der Waals surface area contributed by atoms with Crippen LogP contribution in [-0.2, 0) is 4.79 Å². The number of rotatable bonds is 5. The summed E-state index contributed by atoms with van der Waals surface area (Å²) in [5.41, 5.74) is 0. The van der Waals surface area contributed by atoms with Gasteiger partial charge in [0.05, 0.1) is 0 Å². The molecule has 1 rings (SSSR count). The van der Waals surface area contributed by atoms with Gasteiger partial charge in [0.25, 0.3) is 0 Å². The highest BCUT2D eigenvalue weighted by molar-refractivity contribution is 5.49. The minimum absolute atomic E-state index is 0.292. The molecule has 0 aliphatic heterocycles. The maximum Gasteiger partial charge on any atom is 0.126 e. The lowest BCUT2D eigenvalue weighted by Crippen LogP contribution is -2.15. The molecule has 1 heterocycles. The molecular weight excluding hydrogens is 164 g/mol. The number of hydrogen-bond donors (Lipinski definition) is 1. The summed E-state index contributed by atoms with van der Waals surface area (Å²) in [5, 5.41) is 3.21. The quantitative estimate of drug-likeness (QED) is 0.700. The van der Waals surface area contributed by atoms with Crippen molar-refractivity contribution in [2.75, 3.05) is 5.32 Å². The molecule has 1 atom stereocenters. The molecule has 1 N–H and O–H groups in total. The molecule has 0 aromatic carbocycles. The van der Waals surface area contributed by atoms with Gasteiger partial charge in [-0.05, 0) is 25.5 Å². The van der Waals surface area contributed by atoms with Crippen molar-refractivity contribution in [3.8, 4) is 0 Å². The van der Waals surface area contributed by atoms with Gasteiger partial charge in [0.1, 0.15) is 12.1 Å². The Labute approximate surface area is 78.2 Å². The van der Waals surface area contributed by atoms with Crippen molar-refractivity contribution in [3.63, 3.8) is 0 Å². The van der Waals surface area contributed by atoms with E-state index < -0.39 is 0 Å². The standard InChI is InChI=1S/C10H14N2O/c1-9(5-4-8-13)12-10-6-2-3-7-11-10/h2-3,6-9H,4-5H2,1H3,(H,11,12). The molecule has 0 saturated carbocycles. The van der Waals surface area contributed by atoms with Gasteiger partial charge in [-0.1, -0.05) is 6.07 Å². The first-order chi connectivity index (χ1) is 6.33. The summed E-state index contributed by atoms with van der Waals surface area (Å²) in [6.07, 6.45) is 4.13. The Morgan fingerprint density at radius 2 is 2.46 bits per heavy atom. The molecule has 1 aromatic heterocycles. The Morgan fingerprint density at radius 1 is 1.62 bits per heavy atom. The van der Waals surface area contributed by atoms with E-state index in [1.165, 1.54) is 0 Å². The van der Waals surface area contributed by atoms with Crippen molar-refractivity contribution in [1.29, 1.82) is 0 Å². The van der Waals surface area contributed by atoms with E-state index in [1.807, 2.05) is 25.1 Å². The second kappa shape index (κ2) is 5.30. The third-order valence-electron chi connectivity index (χ3n) is 1.78. The molecule has 0 saturated heterocycles. The van der Waals surface area contributed by atoms with Gasteiger partial charge in [-0.15, -0.1) is 0 Å². The Morgan fingerprint density at radius 3 is 3.08 bits per heavy atom. The van der Waals surface area contributed by atoms with Gasteiger partial charge in [0.2, 0.25) is 0 Å². The lowest BCUT2D eigenvalue weighted by molar-refractivity contribution is -0.107. The largest absolute Gasteiger partial charge is 0.368 e. The van der Waals surface area contributed by atoms with Crippen LogP contribution in [0.3, 0.4) is 0 Å². The van der Waals surface area contributed by atoms with Gasteiger partial charge in [0.15, 0.2) is 0 Å². The average molecular weight is 178 g/mol. The zero-order valence-corrected chi connectivity index (χ0v) is 7.73. The topological polar surface area (TPSA) is 42.0 Å². The fourth-order valence-corrected chi connectivity index (χ4v) is 1.09. The SMILES string of the molecule is CC(CCC=O)Nc1ccccn1. The molecule has 13 heavy (non-hydrogen) atoms. The predicted octanol–water partition coefficient (Wildman–Crippen LogP) is 1.86. The predicted molar refractivity (Wildman–Crippen MR) is 52.6 cm³/mol. The monoisotopic (exact) mass is 178 g/mol. The fraction of sp³-hybridized carbons (Fsp3) is 0.400. The number of aldehydes is 1. The summed E-state index contributed by atoms with van der Waals surface area (Å²) in [5.74, 6) is 0.862. The number of hydrogen-bond acceptors (Lipinski definition) is 3. The van der Waals surface area contributed by atoms with Crippen LogP contribution in [-0.4, -0.2) is 17.3 Å². The minimum atomic E-state index is 0.292. The number of carbonyl (C=O) groups is 1. The smallest absolute Gasteiger partial charge is 0.126 e. The van der Waals surface area contributed by atoms with Crippen LogP contribution in [0, 0.1) is 0 Å². The van der Waals surface area contributed by atoms with E-state index in [0.29, 0.717) is 12.5 Å². The van der Waals surface area contributed by atoms with E-state index in [2.05, 4.69) is 10.3 Å². The highest BCUT2D eigenvalue weighted by Gasteiger charge is 2.00. The van der Waals surface area contributed by atoms with Crippen LogP contribution in [0.15, 0.2) is 24.4 Å². The van der Waals surface area contributed by atoms with Crippen molar-refractivity contribution in [2.24, 2.45) is 0 Å². The number of carbonyl (C=O) groups excluding carboxylic acids is 1. The number of anilines is 1. The molecule has 1 aromatic rings. The van der Waals surface area contributed by atoms with Crippen molar-refractivity contribution >= 4 is 12.1 Å². The van der Waals surface area contributed by atoms with E-state index in [0.717, 1.165) is 18.5 Å². The number of nitrogens with one attached hydrogen (secondary N) is 1. The van der Waals surface area contributed by atoms with E-state index in [4.69, 9.17) is 0 Å². The Hall–Kier alpha value is -1.38. The first kappa shape index (κ1) is 9.71. The van der Waals surface area contributed by atoms with Gasteiger partial charge in [0, 0.05) is 18.7 Å². The third kappa shape index (κ3) is 3.69. The molecular formula is C10H14N2O. The van der Waals surface area contributed by atoms with Gasteiger partial charge >= 0.3 is 0 Å². The molecule has 3 nitrogen and oxygen atoms in total. The van der Waals surface area contributed by atoms with Crippen molar-refractivity contribution in [3.05, 3.63) is 24.4 Å². The van der Waals surface area contributed by atoms with Crippen LogP contribution in [0.5, 0.6) is 0 Å². The molecule has 3 heteroatoms. The van der Waals surface area contributed by atoms with Crippen LogP contribution in [0.1, 0.15) is 19.8 Å². The molecule has 1 unspecified atom stereocenters. The summed E-state index contributed by atoms with van der Waals surface area (Å²) >= 11 is 0. The van der Waals surface area contributed by atoms with Crippen molar-refractivity contribution < 1.29 is 4.79 Å². The maximum absolute atomic E-state index is 10.1. The van der Waals surface area contributed by atoms with Crippen molar-refractivity contribution in [2.45, 2.75) is 25.8 Å². The molecule has 0 bridgehead atoms. The molecule has 70 valence electrons. The molecule has 0 aliphatic carbocycles. The highest BCUT2D eigenvalue weighted by atomic mass is 16.1. The van der Waals surface area contributed by atoms with E-state index in [9.17, 15) is 4.79 Å². The van der Waals surface area contributed by atoms with Crippen LogP contribution >= 0.6 is 0 Å². The average Bonchev–Trinajstić information content (AvgIpc) is 2.16. The number of aromatic nitrogens is 1. The summed E-state index contributed by atoms with van der Waals surface area (Å²) in [4.78, 5) is 14.2. The maximum atomic E-state index is 10.1. The number of nitrogens with zero attached hydrogens (tertiary/aromatic N) is 1. The van der Waals surface area contributed by atoms with E-state index in [-0.39, 0.29) is 0 Å². The van der Waals surface area contributed by atoms with Crippen LogP contribution < -0.4 is 5.32 Å². The van der Waals surface area contributed by atoms with E-state index >= 15 is 0 Å². The van der Waals surface area contributed by atoms with Gasteiger partial charge in [-0.3, -0.25) is 0 Å². The molecule has 0 fully saturated rings. The lowest BCUT2D eigenvalue weighted by atomic mass is 10.2. The summed E-state index contributed by atoms with van der Waals surface area (Å²) in [7, 11) is 0. The summed E-state index contributed by atoms with van der Waals surface area (Å²) in [6.45, 7) is 2.04. The summed E-state index contributed by atoms with van der Waals surface area (Å²) in [6, 6.07) is 6.01. The summed E-state index contributed by atoms with van der Waals surface area (Å²) < 4.78 is 0. The van der Waals surface area contributed by atoms with Crippen LogP contribution in [0.4, 0.5) is 5.82 Å². The third-order valence-corrected chi connectivity index (χ3v) is 1.78. The van der Waals surface area contributed by atoms with Crippen LogP contribution in [0.2, 0.25) is 0 Å². The molecule has 0 amide bonds. The Bertz CT molecular complexity index is 248. The Kier molecular flexibility index (Phi) is 3.96. The van der Waals surface area contributed by atoms with Gasteiger partial charge < -0.3 is 10.1 Å². The van der Waals surface area contributed by atoms with E-state index in [1.54, 1.807) is 6.20 Å². The fourth-order valence-electron chi connectivity index (χ4n) is 1.09. The lowest BCUT2D eigenvalue weighted by Gasteiger charge is -2.12. The second-order valence-corrected chi connectivity index (χ2v) is 3.00. The second-order valence-electron chi connectivity index (χ2n) is 3.00. The molecule has 0 spiro atoms. The van der Waals surface area contributed by atoms with Gasteiger partial charge in [-0.2, -0.15) is 0 Å². The highest BCUT2D eigenvalue weighted by Crippen LogP contribution is 2.05. The van der Waals surface area contributed by atoms with Crippen LogP contribution in [0.25, 0.3) is 0 Å². The first-order valence-corrected chi connectivity index (χ1v) is 4.44. The molecule has 0 aliphatic rings. The minimum Gasteiger partial charge on any atom is -0.368 e. The first-order valence-electron chi connectivity index (χ1n) is 4.44. The zero-order chi connectivity index (χ0) is 9.52. The van der Waals surface area contributed by atoms with Gasteiger partial charge in [-0.25, -0.2) is 4.98 Å².